The molecule has 0 saturated carbocycles. The number of halogens is 3. The number of aryl methyl sites for hydroxylation is 1. The molecule has 2 aromatic rings. The first-order chi connectivity index (χ1) is 7.95. The van der Waals surface area contributed by atoms with Crippen molar-refractivity contribution in [3.63, 3.8) is 0 Å². The van der Waals surface area contributed by atoms with Crippen LogP contribution in [0.15, 0.2) is 12.1 Å². The summed E-state index contributed by atoms with van der Waals surface area (Å²) in [5, 5.41) is 3.01. The summed E-state index contributed by atoms with van der Waals surface area (Å²) in [7, 11) is 0. The summed E-state index contributed by atoms with van der Waals surface area (Å²) < 4.78 is 39.9. The highest BCUT2D eigenvalue weighted by atomic mass is 32.1. The topological polar surface area (TPSA) is 37.8 Å². The molecular formula is C9H8F3N3S2. The van der Waals surface area contributed by atoms with Gasteiger partial charge in [-0.2, -0.15) is 22.5 Å². The largest absolute Gasteiger partial charge is 0.452 e. The Bertz CT molecular complexity index is 504. The number of hydrogen-bond donors (Lipinski definition) is 1. The van der Waals surface area contributed by atoms with Crippen molar-refractivity contribution in [3.05, 3.63) is 27.7 Å². The molecule has 0 aliphatic heterocycles. The molecule has 8 heteroatoms. The molecule has 1 N–H and O–H groups in total. The first-order valence-electron chi connectivity index (χ1n) is 4.65. The normalized spacial score (nSPS) is 11.8. The molecule has 2 aromatic heterocycles. The third-order valence-electron chi connectivity index (χ3n) is 1.89. The average molecular weight is 279 g/mol. The van der Waals surface area contributed by atoms with Crippen molar-refractivity contribution in [2.24, 2.45) is 0 Å². The predicted molar refractivity (Wildman–Crippen MR) is 61.3 cm³/mol. The number of aromatic nitrogens is 2. The fourth-order valence-corrected chi connectivity index (χ4v) is 2.56. The number of rotatable bonds is 3. The summed E-state index contributed by atoms with van der Waals surface area (Å²) >= 11 is 2.31. The van der Waals surface area contributed by atoms with Crippen molar-refractivity contribution in [3.8, 4) is 0 Å². The molecule has 2 rings (SSSR count). The smallest absolute Gasteiger partial charge is 0.355 e. The number of anilines is 1. The number of thiophene rings is 1. The molecular weight excluding hydrogens is 271 g/mol. The molecule has 0 fully saturated rings. The minimum atomic E-state index is -4.48. The van der Waals surface area contributed by atoms with E-state index in [9.17, 15) is 13.2 Å². The Balaban J connectivity index is 1.98. The highest BCUT2D eigenvalue weighted by Crippen LogP contribution is 2.29. The van der Waals surface area contributed by atoms with Gasteiger partial charge in [0.1, 0.15) is 0 Å². The summed E-state index contributed by atoms with van der Waals surface area (Å²) in [4.78, 5) is 5.59. The Labute approximate surface area is 103 Å². The number of hydrogen-bond acceptors (Lipinski definition) is 5. The SMILES string of the molecule is Cc1ccc(CNc2nc(C(F)(F)F)ns2)s1. The van der Waals surface area contributed by atoms with E-state index in [0.717, 1.165) is 9.75 Å². The maximum absolute atomic E-state index is 12.2. The van der Waals surface area contributed by atoms with E-state index in [1.807, 2.05) is 19.1 Å². The highest BCUT2D eigenvalue weighted by Gasteiger charge is 2.36. The van der Waals surface area contributed by atoms with Crippen molar-refractivity contribution in [2.75, 3.05) is 5.32 Å². The summed E-state index contributed by atoms with van der Waals surface area (Å²) in [6, 6.07) is 3.89. The quantitative estimate of drug-likeness (QED) is 0.933. The third-order valence-corrected chi connectivity index (χ3v) is 3.56. The van der Waals surface area contributed by atoms with E-state index in [4.69, 9.17) is 0 Å². The molecule has 0 aliphatic carbocycles. The summed E-state index contributed by atoms with van der Waals surface area (Å²) in [5.41, 5.74) is 0. The first-order valence-corrected chi connectivity index (χ1v) is 6.24. The summed E-state index contributed by atoms with van der Waals surface area (Å²) in [6.07, 6.45) is -4.48. The average Bonchev–Trinajstić information content (AvgIpc) is 2.82. The summed E-state index contributed by atoms with van der Waals surface area (Å²) in [6.45, 7) is 2.44. The van der Waals surface area contributed by atoms with Gasteiger partial charge in [-0.05, 0) is 19.1 Å². The second kappa shape index (κ2) is 4.61. The zero-order chi connectivity index (χ0) is 12.5. The Morgan fingerprint density at radius 3 is 2.65 bits per heavy atom. The molecule has 0 atom stereocenters. The van der Waals surface area contributed by atoms with Gasteiger partial charge in [0.2, 0.25) is 11.0 Å². The van der Waals surface area contributed by atoms with Gasteiger partial charge >= 0.3 is 6.18 Å². The number of nitrogens with zero attached hydrogens (tertiary/aromatic N) is 2. The van der Waals surface area contributed by atoms with Crippen LogP contribution < -0.4 is 5.32 Å². The molecule has 0 bridgehead atoms. The number of alkyl halides is 3. The Morgan fingerprint density at radius 2 is 2.12 bits per heavy atom. The number of nitrogens with one attached hydrogen (secondary N) is 1. The maximum atomic E-state index is 12.2. The van der Waals surface area contributed by atoms with Crippen molar-refractivity contribution in [2.45, 2.75) is 19.6 Å². The van der Waals surface area contributed by atoms with Gasteiger partial charge < -0.3 is 5.32 Å². The lowest BCUT2D eigenvalue weighted by Gasteiger charge is -1.99. The Kier molecular flexibility index (Phi) is 3.34. The van der Waals surface area contributed by atoms with Crippen LogP contribution in [0.5, 0.6) is 0 Å². The minimum absolute atomic E-state index is 0.184. The fraction of sp³-hybridized carbons (Fsp3) is 0.333. The van der Waals surface area contributed by atoms with E-state index in [2.05, 4.69) is 14.7 Å². The van der Waals surface area contributed by atoms with Gasteiger partial charge in [-0.15, -0.1) is 11.3 Å². The van der Waals surface area contributed by atoms with Gasteiger partial charge in [0.25, 0.3) is 0 Å². The van der Waals surface area contributed by atoms with Crippen molar-refractivity contribution < 1.29 is 13.2 Å². The van der Waals surface area contributed by atoms with Gasteiger partial charge in [0.05, 0.1) is 6.54 Å². The highest BCUT2D eigenvalue weighted by molar-refractivity contribution is 7.12. The van der Waals surface area contributed by atoms with E-state index >= 15 is 0 Å². The molecule has 3 nitrogen and oxygen atoms in total. The molecule has 92 valence electrons. The van der Waals surface area contributed by atoms with Gasteiger partial charge in [0, 0.05) is 21.3 Å². The third kappa shape index (κ3) is 3.16. The van der Waals surface area contributed by atoms with Crippen molar-refractivity contribution in [1.29, 1.82) is 0 Å². The molecule has 2 heterocycles. The van der Waals surface area contributed by atoms with Gasteiger partial charge in [0.15, 0.2) is 0 Å². The monoisotopic (exact) mass is 279 g/mol. The lowest BCUT2D eigenvalue weighted by atomic mass is 10.4. The lowest BCUT2D eigenvalue weighted by Crippen LogP contribution is -2.07. The van der Waals surface area contributed by atoms with Crippen molar-refractivity contribution in [1.82, 2.24) is 9.36 Å². The van der Waals surface area contributed by atoms with Crippen LogP contribution in [0, 0.1) is 6.92 Å². The fourth-order valence-electron chi connectivity index (χ4n) is 1.15. The van der Waals surface area contributed by atoms with E-state index in [0.29, 0.717) is 18.1 Å². The van der Waals surface area contributed by atoms with Crippen LogP contribution >= 0.6 is 22.9 Å². The Hall–Kier alpha value is -1.15. The molecule has 0 aliphatic rings. The van der Waals surface area contributed by atoms with E-state index in [1.165, 1.54) is 0 Å². The van der Waals surface area contributed by atoms with Gasteiger partial charge in [-0.3, -0.25) is 0 Å². The predicted octanol–water partition coefficient (Wildman–Crippen LogP) is 3.54. The van der Waals surface area contributed by atoms with E-state index < -0.39 is 12.0 Å². The second-order valence-electron chi connectivity index (χ2n) is 3.29. The second-order valence-corrected chi connectivity index (χ2v) is 5.41. The molecule has 0 amide bonds. The van der Waals surface area contributed by atoms with Crippen LogP contribution in [-0.2, 0) is 12.7 Å². The van der Waals surface area contributed by atoms with Crippen LogP contribution in [0.4, 0.5) is 18.3 Å². The van der Waals surface area contributed by atoms with Gasteiger partial charge in [-0.25, -0.2) is 0 Å². The van der Waals surface area contributed by atoms with Crippen LogP contribution in [0.2, 0.25) is 0 Å². The van der Waals surface area contributed by atoms with Crippen LogP contribution in [-0.4, -0.2) is 9.36 Å². The van der Waals surface area contributed by atoms with Gasteiger partial charge in [-0.1, -0.05) is 0 Å². The Morgan fingerprint density at radius 1 is 1.35 bits per heavy atom. The zero-order valence-electron chi connectivity index (χ0n) is 8.71. The molecule has 17 heavy (non-hydrogen) atoms. The molecule has 0 radical (unpaired) electrons. The maximum Gasteiger partial charge on any atom is 0.452 e. The molecule has 0 aromatic carbocycles. The van der Waals surface area contributed by atoms with Crippen LogP contribution in [0.25, 0.3) is 0 Å². The van der Waals surface area contributed by atoms with Crippen LogP contribution in [0.3, 0.4) is 0 Å². The molecule has 0 saturated heterocycles. The minimum Gasteiger partial charge on any atom is -0.355 e. The standard InChI is InChI=1S/C9H8F3N3S2/c1-5-2-3-6(16-5)4-13-8-14-7(15-17-8)9(10,11)12/h2-3H,4H2,1H3,(H,13,14,15). The van der Waals surface area contributed by atoms with Crippen molar-refractivity contribution >= 4 is 28.0 Å². The zero-order valence-corrected chi connectivity index (χ0v) is 10.3. The lowest BCUT2D eigenvalue weighted by molar-refractivity contribution is -0.144. The van der Waals surface area contributed by atoms with E-state index in [1.54, 1.807) is 11.3 Å². The molecule has 0 unspecified atom stereocenters. The van der Waals surface area contributed by atoms with E-state index in [-0.39, 0.29) is 5.13 Å². The van der Waals surface area contributed by atoms with Crippen LogP contribution in [0.1, 0.15) is 15.6 Å². The summed E-state index contributed by atoms with van der Waals surface area (Å²) in [5.74, 6) is -1.09. The first kappa shape index (κ1) is 12.3. The molecule has 0 spiro atoms.